The maximum Gasteiger partial charge on any atom is 0.125 e. The van der Waals surface area contributed by atoms with Crippen molar-refractivity contribution in [3.63, 3.8) is 0 Å². The topological polar surface area (TPSA) is 46.0 Å². The van der Waals surface area contributed by atoms with Crippen LogP contribution in [0.1, 0.15) is 43.0 Å². The lowest BCUT2D eigenvalue weighted by Crippen LogP contribution is -2.21. The van der Waals surface area contributed by atoms with Gasteiger partial charge in [0, 0.05) is 17.8 Å². The normalized spacial score (nSPS) is 15.2. The SMILES string of the molecule is C#C.C=C.CC.Cc1nc(C)c2c(n1)CCC(O)C2. The number of aliphatic hydroxyl groups is 1. The van der Waals surface area contributed by atoms with E-state index in [0.29, 0.717) is 0 Å². The standard InChI is InChI=1S/C10H14N2O.C2H6.C2H4.C2H2/c1-6-9-5-8(13)3-4-10(9)12-7(2)11-6;3*1-2/h8,13H,3-5H2,1-2H3;1-2H3;1-2H2;1-2H. The molecule has 0 fully saturated rings. The zero-order valence-corrected chi connectivity index (χ0v) is 12.6. The summed E-state index contributed by atoms with van der Waals surface area (Å²) in [6.07, 6.45) is 10.3. The molecule has 0 bridgehead atoms. The number of fused-ring (bicyclic) bond motifs is 1. The first-order valence-corrected chi connectivity index (χ1v) is 6.51. The maximum absolute atomic E-state index is 9.49. The van der Waals surface area contributed by atoms with Gasteiger partial charge in [0.2, 0.25) is 0 Å². The largest absolute Gasteiger partial charge is 0.393 e. The molecule has 1 aliphatic rings. The summed E-state index contributed by atoms with van der Waals surface area (Å²) in [6, 6.07) is 0. The van der Waals surface area contributed by atoms with Crippen LogP contribution in [0.15, 0.2) is 13.2 Å². The number of rotatable bonds is 0. The molecule has 3 heteroatoms. The molecule has 1 aliphatic carbocycles. The smallest absolute Gasteiger partial charge is 0.125 e. The minimum atomic E-state index is -0.197. The van der Waals surface area contributed by atoms with Crippen molar-refractivity contribution in [1.29, 1.82) is 0 Å². The summed E-state index contributed by atoms with van der Waals surface area (Å²) in [4.78, 5) is 8.69. The molecule has 1 heterocycles. The van der Waals surface area contributed by atoms with Crippen LogP contribution in [-0.2, 0) is 12.8 Å². The van der Waals surface area contributed by atoms with E-state index in [9.17, 15) is 5.11 Å². The quantitative estimate of drug-likeness (QED) is 0.577. The van der Waals surface area contributed by atoms with E-state index in [1.807, 2.05) is 27.7 Å². The molecule has 1 atom stereocenters. The van der Waals surface area contributed by atoms with Gasteiger partial charge >= 0.3 is 0 Å². The van der Waals surface area contributed by atoms with Crippen molar-refractivity contribution < 1.29 is 5.11 Å². The number of hydrogen-bond acceptors (Lipinski definition) is 3. The van der Waals surface area contributed by atoms with Crippen molar-refractivity contribution in [2.24, 2.45) is 0 Å². The lowest BCUT2D eigenvalue weighted by atomic mass is 9.93. The fourth-order valence-corrected chi connectivity index (χ4v) is 1.92. The average molecular weight is 262 g/mol. The molecule has 0 aliphatic heterocycles. The monoisotopic (exact) mass is 262 g/mol. The van der Waals surface area contributed by atoms with Crippen molar-refractivity contribution in [2.45, 2.75) is 53.1 Å². The van der Waals surface area contributed by atoms with Crippen molar-refractivity contribution in [1.82, 2.24) is 9.97 Å². The predicted octanol–water partition coefficient (Wildman–Crippen LogP) is 3.02. The average Bonchev–Trinajstić information content (AvgIpc) is 2.46. The molecule has 0 spiro atoms. The molecule has 1 aromatic heterocycles. The van der Waals surface area contributed by atoms with Crippen molar-refractivity contribution >= 4 is 0 Å². The van der Waals surface area contributed by atoms with Gasteiger partial charge in [-0.25, -0.2) is 9.97 Å². The van der Waals surface area contributed by atoms with Crippen LogP contribution in [0.4, 0.5) is 0 Å². The van der Waals surface area contributed by atoms with Gasteiger partial charge in [-0.2, -0.15) is 0 Å². The van der Waals surface area contributed by atoms with Gasteiger partial charge in [0.1, 0.15) is 5.82 Å². The molecule has 1 aromatic rings. The van der Waals surface area contributed by atoms with Crippen LogP contribution >= 0.6 is 0 Å². The Morgan fingerprint density at radius 2 is 1.68 bits per heavy atom. The summed E-state index contributed by atoms with van der Waals surface area (Å²) in [6.45, 7) is 13.9. The molecule has 3 nitrogen and oxygen atoms in total. The Morgan fingerprint density at radius 1 is 1.16 bits per heavy atom. The van der Waals surface area contributed by atoms with Gasteiger partial charge < -0.3 is 5.11 Å². The zero-order valence-electron chi connectivity index (χ0n) is 12.6. The summed E-state index contributed by atoms with van der Waals surface area (Å²) in [7, 11) is 0. The molecule has 1 unspecified atom stereocenters. The van der Waals surface area contributed by atoms with E-state index in [0.717, 1.165) is 42.0 Å². The molecular weight excluding hydrogens is 236 g/mol. The molecule has 0 saturated carbocycles. The highest BCUT2D eigenvalue weighted by Crippen LogP contribution is 2.21. The Balaban J connectivity index is 0. The van der Waals surface area contributed by atoms with E-state index in [2.05, 4.69) is 36.0 Å². The molecule has 1 N–H and O–H groups in total. The lowest BCUT2D eigenvalue weighted by molar-refractivity contribution is 0.157. The third-order valence-corrected chi connectivity index (χ3v) is 2.57. The second-order valence-electron chi connectivity index (χ2n) is 3.68. The molecular formula is C16H26N2O. The Bertz CT molecular complexity index is 386. The third-order valence-electron chi connectivity index (χ3n) is 2.57. The van der Waals surface area contributed by atoms with Crippen LogP contribution in [-0.4, -0.2) is 21.2 Å². The minimum Gasteiger partial charge on any atom is -0.393 e. The first kappa shape index (κ1) is 19.7. The van der Waals surface area contributed by atoms with Crippen LogP contribution < -0.4 is 0 Å². The lowest BCUT2D eigenvalue weighted by Gasteiger charge is -2.21. The fourth-order valence-electron chi connectivity index (χ4n) is 1.92. The summed E-state index contributed by atoms with van der Waals surface area (Å²) < 4.78 is 0. The third kappa shape index (κ3) is 6.17. The first-order chi connectivity index (χ1) is 9.16. The molecule has 0 amide bonds. The van der Waals surface area contributed by atoms with Gasteiger partial charge in [0.25, 0.3) is 0 Å². The fraction of sp³-hybridized carbons (Fsp3) is 0.500. The summed E-state index contributed by atoms with van der Waals surface area (Å²) in [5.74, 6) is 0.840. The maximum atomic E-state index is 9.49. The van der Waals surface area contributed by atoms with E-state index in [1.165, 1.54) is 0 Å². The molecule has 0 saturated heterocycles. The molecule has 2 rings (SSSR count). The van der Waals surface area contributed by atoms with E-state index >= 15 is 0 Å². The number of terminal acetylenes is 1. The molecule has 0 radical (unpaired) electrons. The molecule has 0 aromatic carbocycles. The minimum absolute atomic E-state index is 0.197. The van der Waals surface area contributed by atoms with Gasteiger partial charge in [-0.1, -0.05) is 13.8 Å². The highest BCUT2D eigenvalue weighted by atomic mass is 16.3. The van der Waals surface area contributed by atoms with Crippen LogP contribution in [0.25, 0.3) is 0 Å². The number of aromatic nitrogens is 2. The number of aryl methyl sites for hydroxylation is 3. The van der Waals surface area contributed by atoms with E-state index in [1.54, 1.807) is 0 Å². The molecule has 106 valence electrons. The van der Waals surface area contributed by atoms with Crippen molar-refractivity contribution in [3.8, 4) is 12.8 Å². The van der Waals surface area contributed by atoms with Gasteiger partial charge in [0.15, 0.2) is 0 Å². The van der Waals surface area contributed by atoms with Gasteiger partial charge in [-0.3, -0.25) is 0 Å². The Morgan fingerprint density at radius 3 is 2.21 bits per heavy atom. The Labute approximate surface area is 117 Å². The van der Waals surface area contributed by atoms with Crippen molar-refractivity contribution in [2.75, 3.05) is 0 Å². The van der Waals surface area contributed by atoms with Gasteiger partial charge in [0.05, 0.1) is 6.10 Å². The predicted molar refractivity (Wildman–Crippen MR) is 82.0 cm³/mol. The number of nitrogens with zero attached hydrogens (tertiary/aromatic N) is 2. The highest BCUT2D eigenvalue weighted by Gasteiger charge is 2.19. The van der Waals surface area contributed by atoms with Crippen molar-refractivity contribution in [3.05, 3.63) is 35.9 Å². The second-order valence-corrected chi connectivity index (χ2v) is 3.68. The first-order valence-electron chi connectivity index (χ1n) is 6.51. The number of aliphatic hydroxyl groups excluding tert-OH is 1. The second kappa shape index (κ2) is 11.4. The zero-order chi connectivity index (χ0) is 15.4. The van der Waals surface area contributed by atoms with E-state index < -0.39 is 0 Å². The van der Waals surface area contributed by atoms with Crippen LogP contribution in [0.3, 0.4) is 0 Å². The summed E-state index contributed by atoms with van der Waals surface area (Å²) >= 11 is 0. The van der Waals surface area contributed by atoms with Crippen LogP contribution in [0, 0.1) is 26.7 Å². The van der Waals surface area contributed by atoms with Crippen LogP contribution in [0.2, 0.25) is 0 Å². The van der Waals surface area contributed by atoms with E-state index in [4.69, 9.17) is 0 Å². The number of hydrogen-bond donors (Lipinski definition) is 1. The summed E-state index contributed by atoms with van der Waals surface area (Å²) in [5.41, 5.74) is 3.32. The summed E-state index contributed by atoms with van der Waals surface area (Å²) in [5, 5.41) is 9.49. The van der Waals surface area contributed by atoms with Gasteiger partial charge in [-0.15, -0.1) is 26.0 Å². The van der Waals surface area contributed by atoms with E-state index in [-0.39, 0.29) is 6.10 Å². The highest BCUT2D eigenvalue weighted by molar-refractivity contribution is 5.28. The van der Waals surface area contributed by atoms with Gasteiger partial charge in [-0.05, 0) is 32.3 Å². The molecule has 19 heavy (non-hydrogen) atoms. The van der Waals surface area contributed by atoms with Crippen LogP contribution in [0.5, 0.6) is 0 Å². The Kier molecular flexibility index (Phi) is 11.8. The Hall–Kier alpha value is -1.66.